The third kappa shape index (κ3) is 3.90. The Labute approximate surface area is 173 Å². The van der Waals surface area contributed by atoms with Gasteiger partial charge in [-0.15, -0.1) is 0 Å². The summed E-state index contributed by atoms with van der Waals surface area (Å²) in [5.74, 6) is -9.58. The molecule has 2 rings (SSSR count). The third-order valence-corrected chi connectivity index (χ3v) is 6.48. The zero-order valence-electron chi connectivity index (χ0n) is 13.3. The van der Waals surface area contributed by atoms with E-state index in [-0.39, 0.29) is 10.5 Å². The van der Waals surface area contributed by atoms with E-state index in [1.165, 1.54) is 0 Å². The number of benzene rings is 2. The molecule has 0 spiro atoms. The van der Waals surface area contributed by atoms with Crippen molar-refractivity contribution in [1.82, 2.24) is 0 Å². The summed E-state index contributed by atoms with van der Waals surface area (Å²) in [5.41, 5.74) is -1.83. The quantitative estimate of drug-likeness (QED) is 0.377. The lowest BCUT2D eigenvalue weighted by Crippen LogP contribution is -2.56. The van der Waals surface area contributed by atoms with E-state index < -0.39 is 59.3 Å². The minimum Gasteiger partial charge on any atom is -0.217 e. The van der Waals surface area contributed by atoms with Gasteiger partial charge in [0.2, 0.25) is 0 Å². The molecule has 0 unspecified atom stereocenters. The normalized spacial score (nSPS) is 13.6. The number of halogens is 11. The molecule has 0 aromatic heterocycles. The smallest absolute Gasteiger partial charge is 0.217 e. The summed E-state index contributed by atoms with van der Waals surface area (Å²) < 4.78 is 143. The van der Waals surface area contributed by atoms with Gasteiger partial charge in [-0.1, -0.05) is 31.9 Å². The summed E-state index contributed by atoms with van der Waals surface area (Å²) in [6.07, 6.45) is -6.91. The van der Waals surface area contributed by atoms with Crippen molar-refractivity contribution in [3.63, 3.8) is 0 Å². The van der Waals surface area contributed by atoms with E-state index in [0.29, 0.717) is 18.2 Å². The molecule has 14 heteroatoms. The minimum absolute atomic E-state index is 0.239. The Kier molecular flexibility index (Phi) is 6.16. The lowest BCUT2D eigenvalue weighted by molar-refractivity contribution is -0.332. The Bertz CT molecular complexity index is 1070. The second kappa shape index (κ2) is 7.45. The van der Waals surface area contributed by atoms with Crippen LogP contribution in [0.25, 0.3) is 11.1 Å². The summed E-state index contributed by atoms with van der Waals surface area (Å²) >= 11 is 5.42. The Morgan fingerprint density at radius 3 is 1.86 bits per heavy atom. The van der Waals surface area contributed by atoms with Gasteiger partial charge in [-0.3, -0.25) is 0 Å². The van der Waals surface area contributed by atoms with Crippen molar-refractivity contribution in [2.24, 2.45) is 0 Å². The first kappa shape index (κ1) is 24.0. The van der Waals surface area contributed by atoms with Gasteiger partial charge in [0.05, 0.1) is 4.90 Å². The van der Waals surface area contributed by atoms with Crippen LogP contribution in [-0.4, -0.2) is 25.8 Å². The molecular weight excluding hydrogens is 575 g/mol. The summed E-state index contributed by atoms with van der Waals surface area (Å²) in [5, 5.41) is -6.65. The lowest BCUT2D eigenvalue weighted by atomic mass is 10.1. The van der Waals surface area contributed by atoms with Crippen molar-refractivity contribution in [3.05, 3.63) is 50.9 Å². The molecular formula is C15H5Br2F9O2S. The van der Waals surface area contributed by atoms with Crippen molar-refractivity contribution in [2.75, 3.05) is 0 Å². The zero-order valence-corrected chi connectivity index (χ0v) is 17.3. The highest BCUT2D eigenvalue weighted by Gasteiger charge is 2.78. The van der Waals surface area contributed by atoms with Crippen LogP contribution in [0.4, 0.5) is 39.5 Å². The molecule has 160 valence electrons. The van der Waals surface area contributed by atoms with Crippen LogP contribution in [0.3, 0.4) is 0 Å². The summed E-state index contributed by atoms with van der Waals surface area (Å²) in [4.78, 5) is -1.74. The molecule has 0 saturated carbocycles. The molecule has 0 heterocycles. The van der Waals surface area contributed by atoms with Crippen LogP contribution in [0.1, 0.15) is 0 Å². The fraction of sp³-hybridized carbons (Fsp3) is 0.200. The van der Waals surface area contributed by atoms with Gasteiger partial charge in [0, 0.05) is 26.1 Å². The first-order valence-electron chi connectivity index (χ1n) is 6.96. The fourth-order valence-electron chi connectivity index (χ4n) is 2.19. The Morgan fingerprint density at radius 2 is 1.38 bits per heavy atom. The molecule has 0 aliphatic heterocycles. The van der Waals surface area contributed by atoms with Crippen molar-refractivity contribution in [1.29, 1.82) is 0 Å². The molecule has 0 radical (unpaired) electrons. The molecule has 0 N–H and O–H groups in total. The third-order valence-electron chi connectivity index (χ3n) is 3.57. The predicted octanol–water partition coefficient (Wildman–Crippen LogP) is 6.72. The molecule has 0 aliphatic carbocycles. The molecule has 2 aromatic carbocycles. The molecule has 0 saturated heterocycles. The molecule has 0 fully saturated rings. The maximum Gasteiger partial charge on any atom is 0.461 e. The van der Waals surface area contributed by atoms with Gasteiger partial charge in [-0.2, -0.15) is 30.7 Å². The van der Waals surface area contributed by atoms with Crippen LogP contribution >= 0.6 is 31.9 Å². The first-order valence-corrected chi connectivity index (χ1v) is 10.0. The van der Waals surface area contributed by atoms with Gasteiger partial charge in [-0.25, -0.2) is 17.2 Å². The molecule has 29 heavy (non-hydrogen) atoms. The van der Waals surface area contributed by atoms with Crippen molar-refractivity contribution in [3.8, 4) is 11.1 Å². The number of hydrogen-bond donors (Lipinski definition) is 0. The van der Waals surface area contributed by atoms with Crippen LogP contribution in [-0.2, 0) is 9.84 Å². The number of sulfone groups is 1. The van der Waals surface area contributed by atoms with E-state index in [0.717, 1.165) is 6.07 Å². The molecule has 0 atom stereocenters. The fourth-order valence-corrected chi connectivity index (χ4v) is 5.41. The topological polar surface area (TPSA) is 34.1 Å². The highest BCUT2D eigenvalue weighted by molar-refractivity contribution is 9.11. The maximum atomic E-state index is 14.1. The van der Waals surface area contributed by atoms with Crippen molar-refractivity contribution < 1.29 is 47.9 Å². The van der Waals surface area contributed by atoms with E-state index in [1.807, 2.05) is 0 Å². The standard InChI is InChI=1S/C15H5Br2F9O2S/c16-6-3-9(17)12(8-2-1-7(18)5-10(8)19)11(4-6)29(27,28)15(25,26)13(20,21)14(22,23)24/h1-5H. The van der Waals surface area contributed by atoms with Crippen LogP contribution < -0.4 is 0 Å². The van der Waals surface area contributed by atoms with E-state index in [2.05, 4.69) is 31.9 Å². The highest BCUT2D eigenvalue weighted by Crippen LogP contribution is 2.52. The largest absolute Gasteiger partial charge is 0.461 e. The van der Waals surface area contributed by atoms with Gasteiger partial charge >= 0.3 is 17.4 Å². The van der Waals surface area contributed by atoms with Crippen LogP contribution in [0.15, 0.2) is 44.2 Å². The van der Waals surface area contributed by atoms with E-state index in [9.17, 15) is 47.9 Å². The lowest BCUT2D eigenvalue weighted by Gasteiger charge is -2.28. The van der Waals surface area contributed by atoms with Gasteiger partial charge in [0.15, 0.2) is 0 Å². The highest BCUT2D eigenvalue weighted by atomic mass is 79.9. The molecule has 0 aliphatic rings. The van der Waals surface area contributed by atoms with Gasteiger partial charge in [0.1, 0.15) is 11.6 Å². The summed E-state index contributed by atoms with van der Waals surface area (Å²) in [7, 11) is -6.75. The Hall–Kier alpha value is -1.28. The van der Waals surface area contributed by atoms with Crippen LogP contribution in [0.5, 0.6) is 0 Å². The van der Waals surface area contributed by atoms with Crippen LogP contribution in [0, 0.1) is 11.6 Å². The summed E-state index contributed by atoms with van der Waals surface area (Å²) in [6, 6.07) is 2.75. The van der Waals surface area contributed by atoms with Crippen molar-refractivity contribution >= 4 is 41.7 Å². The molecule has 2 aromatic rings. The Morgan fingerprint density at radius 1 is 0.828 bits per heavy atom. The van der Waals surface area contributed by atoms with Crippen LogP contribution in [0.2, 0.25) is 0 Å². The van der Waals surface area contributed by atoms with Gasteiger partial charge in [-0.05, 0) is 24.3 Å². The van der Waals surface area contributed by atoms with E-state index in [1.54, 1.807) is 0 Å². The molecule has 0 amide bonds. The number of rotatable bonds is 4. The SMILES string of the molecule is O=S(=O)(c1cc(Br)cc(Br)c1-c1ccc(F)cc1F)C(F)(F)C(F)(F)C(F)(F)F. The number of hydrogen-bond acceptors (Lipinski definition) is 2. The second-order valence-electron chi connectivity index (χ2n) is 5.48. The summed E-state index contributed by atoms with van der Waals surface area (Å²) in [6.45, 7) is 0. The minimum atomic E-state index is -6.97. The second-order valence-corrected chi connectivity index (χ2v) is 9.21. The van der Waals surface area contributed by atoms with E-state index >= 15 is 0 Å². The average molecular weight is 580 g/mol. The van der Waals surface area contributed by atoms with E-state index in [4.69, 9.17) is 0 Å². The first-order chi connectivity index (χ1) is 12.9. The Balaban J connectivity index is 2.91. The number of alkyl halides is 7. The predicted molar refractivity (Wildman–Crippen MR) is 90.3 cm³/mol. The zero-order chi connectivity index (χ0) is 22.6. The van der Waals surface area contributed by atoms with Gasteiger partial charge < -0.3 is 0 Å². The maximum absolute atomic E-state index is 14.1. The molecule has 0 bridgehead atoms. The molecule has 2 nitrogen and oxygen atoms in total. The average Bonchev–Trinajstić information content (AvgIpc) is 2.53. The van der Waals surface area contributed by atoms with Crippen molar-refractivity contribution in [2.45, 2.75) is 22.2 Å². The van der Waals surface area contributed by atoms with Gasteiger partial charge in [0.25, 0.3) is 9.84 Å². The monoisotopic (exact) mass is 578 g/mol.